The average molecular weight is 281 g/mol. The summed E-state index contributed by atoms with van der Waals surface area (Å²) in [6, 6.07) is -1.06. The molecule has 2 aliphatic rings. The Morgan fingerprint density at radius 1 is 1.30 bits per heavy atom. The minimum absolute atomic E-state index is 0.259. The molecule has 2 bridgehead atoms. The lowest BCUT2D eigenvalue weighted by molar-refractivity contribution is -0.177. The van der Waals surface area contributed by atoms with Crippen molar-refractivity contribution in [2.75, 3.05) is 0 Å². The Labute approximate surface area is 119 Å². The zero-order valence-corrected chi connectivity index (χ0v) is 12.8. The molecule has 0 aromatic rings. The molecule has 5 nitrogen and oxygen atoms in total. The van der Waals surface area contributed by atoms with E-state index in [0.29, 0.717) is 12.8 Å². The van der Waals surface area contributed by atoms with Crippen LogP contribution in [0.3, 0.4) is 0 Å². The molecule has 0 spiro atoms. The van der Waals surface area contributed by atoms with Crippen LogP contribution in [0.15, 0.2) is 0 Å². The number of likely N-dealkylation sites (tertiary alicyclic amines) is 1. The number of carboxylic acids is 1. The van der Waals surface area contributed by atoms with Crippen LogP contribution in [-0.2, 0) is 14.4 Å². The molecule has 112 valence electrons. The third kappa shape index (κ3) is 1.64. The highest BCUT2D eigenvalue weighted by molar-refractivity contribution is 6.06. The molecule has 20 heavy (non-hydrogen) atoms. The second-order valence-electron chi connectivity index (χ2n) is 7.19. The number of hydrogen-bond donors (Lipinski definition) is 1. The summed E-state index contributed by atoms with van der Waals surface area (Å²) in [5.41, 5.74) is -1.05. The van der Waals surface area contributed by atoms with E-state index in [0.717, 1.165) is 4.90 Å². The number of nitrogens with zero attached hydrogens (tertiary/aromatic N) is 1. The molecule has 2 amide bonds. The van der Waals surface area contributed by atoms with E-state index in [9.17, 15) is 19.5 Å². The molecule has 5 heteroatoms. The highest BCUT2D eigenvalue weighted by Crippen LogP contribution is 2.60. The van der Waals surface area contributed by atoms with Crippen molar-refractivity contribution >= 4 is 17.8 Å². The zero-order valence-electron chi connectivity index (χ0n) is 12.8. The van der Waals surface area contributed by atoms with Crippen LogP contribution in [-0.4, -0.2) is 33.8 Å². The van der Waals surface area contributed by atoms with Gasteiger partial charge < -0.3 is 5.11 Å². The van der Waals surface area contributed by atoms with Gasteiger partial charge in [-0.3, -0.25) is 14.5 Å². The molecule has 2 rings (SSSR count). The molecular weight excluding hydrogens is 258 g/mol. The highest BCUT2D eigenvalue weighted by atomic mass is 16.4. The Morgan fingerprint density at radius 2 is 1.85 bits per heavy atom. The van der Waals surface area contributed by atoms with Gasteiger partial charge in [0.2, 0.25) is 11.8 Å². The van der Waals surface area contributed by atoms with E-state index >= 15 is 0 Å². The van der Waals surface area contributed by atoms with Crippen LogP contribution in [0.2, 0.25) is 0 Å². The Balaban J connectivity index is 2.51. The molecule has 1 saturated carbocycles. The van der Waals surface area contributed by atoms with E-state index in [2.05, 4.69) is 0 Å². The largest absolute Gasteiger partial charge is 0.480 e. The fraction of sp³-hybridized carbons (Fsp3) is 0.800. The molecule has 0 unspecified atom stereocenters. The minimum Gasteiger partial charge on any atom is -0.480 e. The van der Waals surface area contributed by atoms with Crippen LogP contribution in [0.5, 0.6) is 0 Å². The number of amides is 2. The number of piperidine rings is 1. The molecule has 0 aromatic heterocycles. The van der Waals surface area contributed by atoms with Gasteiger partial charge >= 0.3 is 5.97 Å². The van der Waals surface area contributed by atoms with Crippen molar-refractivity contribution in [3.63, 3.8) is 0 Å². The molecular formula is C15H23NO4. The van der Waals surface area contributed by atoms with E-state index in [4.69, 9.17) is 0 Å². The summed E-state index contributed by atoms with van der Waals surface area (Å²) in [7, 11) is 0. The number of carboxylic acid groups (broad SMARTS) is 1. The summed E-state index contributed by atoms with van der Waals surface area (Å²) < 4.78 is 0. The molecule has 3 atom stereocenters. The Hall–Kier alpha value is -1.39. The molecule has 0 aromatic carbocycles. The number of fused-ring (bicyclic) bond motifs is 2. The molecule has 1 N–H and O–H groups in total. The minimum atomic E-state index is -1.11. The Bertz CT molecular complexity index is 482. The van der Waals surface area contributed by atoms with Gasteiger partial charge in [-0.2, -0.15) is 0 Å². The van der Waals surface area contributed by atoms with Gasteiger partial charge in [0.15, 0.2) is 0 Å². The predicted molar refractivity (Wildman–Crippen MR) is 72.7 cm³/mol. The zero-order chi connectivity index (χ0) is 15.5. The van der Waals surface area contributed by atoms with Crippen LogP contribution < -0.4 is 0 Å². The van der Waals surface area contributed by atoms with Crippen molar-refractivity contribution in [1.82, 2.24) is 4.90 Å². The normalized spacial score (nSPS) is 33.7. The maximum absolute atomic E-state index is 12.8. The summed E-state index contributed by atoms with van der Waals surface area (Å²) in [4.78, 5) is 38.0. The van der Waals surface area contributed by atoms with Gasteiger partial charge in [0.25, 0.3) is 0 Å². The lowest BCUT2D eigenvalue weighted by Crippen LogP contribution is -2.64. The fourth-order valence-corrected chi connectivity index (χ4v) is 3.81. The van der Waals surface area contributed by atoms with Crippen molar-refractivity contribution in [1.29, 1.82) is 0 Å². The van der Waals surface area contributed by atoms with E-state index in [1.807, 2.05) is 20.8 Å². The van der Waals surface area contributed by atoms with Gasteiger partial charge in [0, 0.05) is 5.92 Å². The maximum Gasteiger partial charge on any atom is 0.327 e. The van der Waals surface area contributed by atoms with Crippen molar-refractivity contribution in [2.45, 2.75) is 53.5 Å². The molecule has 1 aliphatic heterocycles. The van der Waals surface area contributed by atoms with E-state index in [1.54, 1.807) is 13.8 Å². The van der Waals surface area contributed by atoms with E-state index in [1.165, 1.54) is 0 Å². The summed E-state index contributed by atoms with van der Waals surface area (Å²) in [6.45, 7) is 9.21. The van der Waals surface area contributed by atoms with Crippen molar-refractivity contribution < 1.29 is 19.5 Å². The number of hydrogen-bond acceptors (Lipinski definition) is 3. The molecule has 2 fully saturated rings. The second-order valence-corrected chi connectivity index (χ2v) is 7.19. The summed E-state index contributed by atoms with van der Waals surface area (Å²) in [5, 5.41) is 9.39. The number of imide groups is 1. The maximum atomic E-state index is 12.8. The van der Waals surface area contributed by atoms with Gasteiger partial charge in [-0.15, -0.1) is 0 Å². The average Bonchev–Trinajstić information content (AvgIpc) is 2.49. The molecule has 0 radical (unpaired) electrons. The van der Waals surface area contributed by atoms with Gasteiger partial charge in [-0.1, -0.05) is 34.6 Å². The van der Waals surface area contributed by atoms with Crippen molar-refractivity contribution in [3.05, 3.63) is 0 Å². The van der Waals surface area contributed by atoms with Crippen LogP contribution in [0.4, 0.5) is 0 Å². The van der Waals surface area contributed by atoms with Crippen LogP contribution in [0.25, 0.3) is 0 Å². The molecule has 1 saturated heterocycles. The van der Waals surface area contributed by atoms with Crippen molar-refractivity contribution in [2.24, 2.45) is 22.7 Å². The lowest BCUT2D eigenvalue weighted by atomic mass is 9.62. The van der Waals surface area contributed by atoms with Gasteiger partial charge in [0.05, 0.1) is 5.41 Å². The van der Waals surface area contributed by atoms with E-state index in [-0.39, 0.29) is 23.7 Å². The summed E-state index contributed by atoms with van der Waals surface area (Å²) in [6.07, 6.45) is 1.31. The van der Waals surface area contributed by atoms with Crippen LogP contribution >= 0.6 is 0 Å². The first-order chi connectivity index (χ1) is 9.05. The van der Waals surface area contributed by atoms with Crippen LogP contribution in [0, 0.1) is 22.7 Å². The van der Waals surface area contributed by atoms with Crippen molar-refractivity contribution in [3.8, 4) is 0 Å². The monoisotopic (exact) mass is 281 g/mol. The molecule has 1 heterocycles. The first-order valence-corrected chi connectivity index (χ1v) is 7.16. The number of carbonyl (C=O) groups excluding carboxylic acids is 2. The number of aliphatic carboxylic acids is 1. The van der Waals surface area contributed by atoms with Gasteiger partial charge in [0.1, 0.15) is 6.04 Å². The quantitative estimate of drug-likeness (QED) is 0.802. The van der Waals surface area contributed by atoms with Crippen LogP contribution in [0.1, 0.15) is 47.5 Å². The first-order valence-electron chi connectivity index (χ1n) is 7.16. The highest BCUT2D eigenvalue weighted by Gasteiger charge is 2.65. The lowest BCUT2D eigenvalue weighted by Gasteiger charge is -2.49. The van der Waals surface area contributed by atoms with Gasteiger partial charge in [-0.05, 0) is 24.2 Å². The van der Waals surface area contributed by atoms with E-state index < -0.39 is 22.8 Å². The predicted octanol–water partition coefficient (Wildman–Crippen LogP) is 1.91. The standard InChI is InChI=1S/C15H23NO4/c1-8(2)10(12(18)19)16-11(17)9-6-7-15(5,13(16)20)14(9,3)4/h8-10H,6-7H2,1-5H3,(H,18,19)/t9-,10-,15+/m1/s1. The third-order valence-electron chi connectivity index (χ3n) is 5.62. The smallest absolute Gasteiger partial charge is 0.327 e. The first kappa shape index (κ1) is 15.0. The summed E-state index contributed by atoms with van der Waals surface area (Å²) >= 11 is 0. The third-order valence-corrected chi connectivity index (χ3v) is 5.62. The second kappa shape index (κ2) is 4.30. The number of rotatable bonds is 3. The SMILES string of the molecule is CC(C)[C@H](C(=O)O)N1C(=O)[C@H]2CC[C@@](C)(C1=O)C2(C)C. The van der Waals surface area contributed by atoms with Gasteiger partial charge in [-0.25, -0.2) is 4.79 Å². The number of carbonyl (C=O) groups is 3. The summed E-state index contributed by atoms with van der Waals surface area (Å²) in [5.74, 6) is -2.29. The fourth-order valence-electron chi connectivity index (χ4n) is 3.81. The topological polar surface area (TPSA) is 74.7 Å². The Kier molecular flexibility index (Phi) is 3.23. The Morgan fingerprint density at radius 3 is 2.30 bits per heavy atom. The molecule has 1 aliphatic carbocycles.